The maximum absolute atomic E-state index is 12.1. The molecule has 4 rings (SSSR count). The topological polar surface area (TPSA) is 95.5 Å². The van der Waals surface area contributed by atoms with Crippen molar-refractivity contribution in [3.8, 4) is 23.3 Å². The second-order valence-electron chi connectivity index (χ2n) is 7.47. The van der Waals surface area contributed by atoms with Crippen LogP contribution in [0.5, 0.6) is 11.5 Å². The fraction of sp³-hybridized carbons (Fsp3) is 0.261. The van der Waals surface area contributed by atoms with E-state index in [-0.39, 0.29) is 27.8 Å². The highest BCUT2D eigenvalue weighted by Gasteiger charge is 2.30. The summed E-state index contributed by atoms with van der Waals surface area (Å²) >= 11 is 19.4. The molecular formula is C23H20Cl3N5O3. The number of ether oxygens (including phenoxy) is 2. The van der Waals surface area contributed by atoms with Gasteiger partial charge in [0.1, 0.15) is 23.0 Å². The number of nitrogens with zero attached hydrogens (tertiary/aromatic N) is 4. The quantitative estimate of drug-likeness (QED) is 0.406. The molecule has 0 saturated carbocycles. The molecule has 1 aromatic carbocycles. The molecule has 34 heavy (non-hydrogen) atoms. The molecule has 3 heterocycles. The summed E-state index contributed by atoms with van der Waals surface area (Å²) in [5.74, 6) is 6.80. The van der Waals surface area contributed by atoms with Crippen LogP contribution in [0.3, 0.4) is 0 Å². The van der Waals surface area contributed by atoms with E-state index in [1.165, 1.54) is 26.5 Å². The average Bonchev–Trinajstić information content (AvgIpc) is 3.47. The predicted molar refractivity (Wildman–Crippen MR) is 133 cm³/mol. The third-order valence-electron chi connectivity index (χ3n) is 5.58. The van der Waals surface area contributed by atoms with E-state index in [0.717, 1.165) is 0 Å². The lowest BCUT2D eigenvalue weighted by atomic mass is 10.1. The number of pyridine rings is 1. The number of nitrogens with two attached hydrogens (primary N) is 1. The molecule has 1 aliphatic rings. The van der Waals surface area contributed by atoms with Crippen molar-refractivity contribution >= 4 is 57.4 Å². The van der Waals surface area contributed by atoms with Gasteiger partial charge in [0.15, 0.2) is 0 Å². The Balaban J connectivity index is 1.86. The van der Waals surface area contributed by atoms with Gasteiger partial charge < -0.3 is 20.1 Å². The fourth-order valence-corrected chi connectivity index (χ4v) is 4.72. The molecule has 2 N–H and O–H groups in total. The SMILES string of the molecule is C=CC(=O)N1CCC(n2nc(C#Cc3c(Cl)c(OC)cc(OC)c3Cl)c3c(N)ncc(Cl)c32)C1. The molecule has 0 bridgehead atoms. The molecule has 0 aliphatic carbocycles. The van der Waals surface area contributed by atoms with Crippen molar-refractivity contribution < 1.29 is 14.3 Å². The van der Waals surface area contributed by atoms with E-state index < -0.39 is 0 Å². The van der Waals surface area contributed by atoms with Crippen LogP contribution in [0.4, 0.5) is 5.82 Å². The Morgan fingerprint density at radius 3 is 2.53 bits per heavy atom. The highest BCUT2D eigenvalue weighted by Crippen LogP contribution is 2.40. The van der Waals surface area contributed by atoms with Crippen LogP contribution in [0.2, 0.25) is 15.1 Å². The Morgan fingerprint density at radius 1 is 1.24 bits per heavy atom. The molecule has 1 fully saturated rings. The van der Waals surface area contributed by atoms with E-state index in [4.69, 9.17) is 55.1 Å². The number of aromatic nitrogens is 3. The molecule has 176 valence electrons. The van der Waals surface area contributed by atoms with Crippen molar-refractivity contribution in [1.82, 2.24) is 19.7 Å². The summed E-state index contributed by atoms with van der Waals surface area (Å²) in [5.41, 5.74) is 7.46. The molecule has 1 aliphatic heterocycles. The minimum absolute atomic E-state index is 0.120. The zero-order valence-electron chi connectivity index (χ0n) is 18.4. The average molecular weight is 521 g/mol. The van der Waals surface area contributed by atoms with E-state index in [2.05, 4.69) is 23.4 Å². The fourth-order valence-electron chi connectivity index (χ4n) is 3.90. The molecule has 11 heteroatoms. The lowest BCUT2D eigenvalue weighted by molar-refractivity contribution is -0.125. The normalized spacial score (nSPS) is 15.2. The van der Waals surface area contributed by atoms with Crippen molar-refractivity contribution in [3.05, 3.63) is 51.2 Å². The number of carbonyl (C=O) groups is 1. The van der Waals surface area contributed by atoms with Crippen molar-refractivity contribution in [2.24, 2.45) is 0 Å². The number of fused-ring (bicyclic) bond motifs is 1. The van der Waals surface area contributed by atoms with Crippen LogP contribution >= 0.6 is 34.8 Å². The number of anilines is 1. The summed E-state index contributed by atoms with van der Waals surface area (Å²) in [7, 11) is 2.97. The minimum atomic E-state index is -0.137. The van der Waals surface area contributed by atoms with E-state index in [9.17, 15) is 4.79 Å². The third-order valence-corrected chi connectivity index (χ3v) is 6.61. The minimum Gasteiger partial charge on any atom is -0.495 e. The lowest BCUT2D eigenvalue weighted by Gasteiger charge is -2.15. The molecule has 3 aromatic rings. The Kier molecular flexibility index (Phi) is 6.80. The molecule has 8 nitrogen and oxygen atoms in total. The Bertz CT molecular complexity index is 1350. The number of hydrogen-bond acceptors (Lipinski definition) is 6. The molecular weight excluding hydrogens is 501 g/mol. The van der Waals surface area contributed by atoms with Gasteiger partial charge in [-0.25, -0.2) is 4.98 Å². The van der Waals surface area contributed by atoms with Crippen LogP contribution < -0.4 is 15.2 Å². The first-order valence-electron chi connectivity index (χ1n) is 10.2. The second-order valence-corrected chi connectivity index (χ2v) is 8.64. The third kappa shape index (κ3) is 4.11. The number of carbonyl (C=O) groups excluding carboxylic acids is 1. The van der Waals surface area contributed by atoms with Crippen LogP contribution in [0.1, 0.15) is 23.7 Å². The Hall–Kier alpha value is -3.12. The number of nitrogen functional groups attached to an aromatic ring is 1. The van der Waals surface area contributed by atoms with E-state index >= 15 is 0 Å². The predicted octanol–water partition coefficient (Wildman–Crippen LogP) is 4.35. The Morgan fingerprint density at radius 2 is 1.91 bits per heavy atom. The van der Waals surface area contributed by atoms with Crippen LogP contribution in [0.25, 0.3) is 10.9 Å². The van der Waals surface area contributed by atoms with E-state index in [1.54, 1.807) is 15.6 Å². The standard InChI is InChI=1S/C23H20Cl3N5O3/c1-4-18(32)30-8-7-12(11-30)31-22-14(24)10-28-23(27)19(22)15(29-31)6-5-13-20(25)16(33-2)9-17(34-3)21(13)26/h4,9-10,12H,1,7-8,11H2,2-3H3,(H2,27,28). The number of amides is 1. The van der Waals surface area contributed by atoms with Gasteiger partial charge in [-0.15, -0.1) is 0 Å². The highest BCUT2D eigenvalue weighted by molar-refractivity contribution is 6.38. The zero-order valence-corrected chi connectivity index (χ0v) is 20.6. The van der Waals surface area contributed by atoms with Gasteiger partial charge in [-0.3, -0.25) is 9.48 Å². The monoisotopic (exact) mass is 519 g/mol. The molecule has 1 amide bonds. The maximum atomic E-state index is 12.1. The number of halogens is 3. The van der Waals surface area contributed by atoms with Crippen LogP contribution in [0, 0.1) is 11.8 Å². The van der Waals surface area contributed by atoms with E-state index in [1.807, 2.05) is 0 Å². The molecule has 1 atom stereocenters. The van der Waals surface area contributed by atoms with Gasteiger partial charge >= 0.3 is 0 Å². The molecule has 2 aromatic heterocycles. The first-order valence-corrected chi connectivity index (χ1v) is 11.3. The van der Waals surface area contributed by atoms with Crippen molar-refractivity contribution in [2.45, 2.75) is 12.5 Å². The summed E-state index contributed by atoms with van der Waals surface area (Å²) in [4.78, 5) is 17.9. The largest absolute Gasteiger partial charge is 0.495 e. The lowest BCUT2D eigenvalue weighted by Crippen LogP contribution is -2.27. The molecule has 0 spiro atoms. The van der Waals surface area contributed by atoms with Crippen LogP contribution in [-0.2, 0) is 4.79 Å². The number of likely N-dealkylation sites (tertiary alicyclic amines) is 1. The van der Waals surface area contributed by atoms with Gasteiger partial charge in [0.05, 0.1) is 58.0 Å². The van der Waals surface area contributed by atoms with Crippen LogP contribution in [0.15, 0.2) is 24.9 Å². The van der Waals surface area contributed by atoms with Gasteiger partial charge in [-0.2, -0.15) is 5.10 Å². The maximum Gasteiger partial charge on any atom is 0.246 e. The van der Waals surface area contributed by atoms with Gasteiger partial charge in [0.2, 0.25) is 5.91 Å². The first-order chi connectivity index (χ1) is 16.3. The second kappa shape index (κ2) is 9.63. The summed E-state index contributed by atoms with van der Waals surface area (Å²) in [6.45, 7) is 4.59. The van der Waals surface area contributed by atoms with Crippen LogP contribution in [-0.4, -0.2) is 52.9 Å². The van der Waals surface area contributed by atoms with Crippen molar-refractivity contribution in [1.29, 1.82) is 0 Å². The van der Waals surface area contributed by atoms with Gasteiger partial charge in [-0.1, -0.05) is 47.3 Å². The summed E-state index contributed by atoms with van der Waals surface area (Å²) in [6, 6.07) is 1.46. The molecule has 0 radical (unpaired) electrons. The summed E-state index contributed by atoms with van der Waals surface area (Å²) in [5, 5.41) is 6.06. The summed E-state index contributed by atoms with van der Waals surface area (Å²) in [6.07, 6.45) is 3.45. The summed E-state index contributed by atoms with van der Waals surface area (Å²) < 4.78 is 12.4. The van der Waals surface area contributed by atoms with Gasteiger partial charge in [0, 0.05) is 19.2 Å². The number of rotatable bonds is 4. The zero-order chi connectivity index (χ0) is 24.6. The first kappa shape index (κ1) is 24.0. The highest BCUT2D eigenvalue weighted by atomic mass is 35.5. The van der Waals surface area contributed by atoms with E-state index in [0.29, 0.717) is 58.2 Å². The van der Waals surface area contributed by atoms with Gasteiger partial charge in [0.25, 0.3) is 0 Å². The van der Waals surface area contributed by atoms with Crippen molar-refractivity contribution in [2.75, 3.05) is 33.0 Å². The molecule has 1 unspecified atom stereocenters. The number of benzene rings is 1. The van der Waals surface area contributed by atoms with Crippen molar-refractivity contribution in [3.63, 3.8) is 0 Å². The number of methoxy groups -OCH3 is 2. The smallest absolute Gasteiger partial charge is 0.246 e. The molecule has 1 saturated heterocycles. The Labute approximate surface area is 211 Å². The van der Waals surface area contributed by atoms with Gasteiger partial charge in [-0.05, 0) is 18.4 Å². The number of hydrogen-bond donors (Lipinski definition) is 1.